The van der Waals surface area contributed by atoms with E-state index in [1.54, 1.807) is 11.3 Å². The summed E-state index contributed by atoms with van der Waals surface area (Å²) in [5.41, 5.74) is 1.85. The Kier molecular flexibility index (Phi) is 2.86. The van der Waals surface area contributed by atoms with Crippen LogP contribution in [0.5, 0.6) is 0 Å². The number of H-pyrrole nitrogens is 1. The SMILES string of the molecule is CC(C)c1nnc2sc(-c3cc(-c4cccs4)n[nH]3)nn12. The van der Waals surface area contributed by atoms with Gasteiger partial charge in [-0.25, -0.2) is 0 Å². The minimum atomic E-state index is 0.290. The summed E-state index contributed by atoms with van der Waals surface area (Å²) in [6, 6.07) is 6.10. The molecule has 21 heavy (non-hydrogen) atoms. The highest BCUT2D eigenvalue weighted by Crippen LogP contribution is 2.29. The molecule has 8 heteroatoms. The lowest BCUT2D eigenvalue weighted by atomic mass is 10.2. The van der Waals surface area contributed by atoms with Crippen molar-refractivity contribution < 1.29 is 0 Å². The van der Waals surface area contributed by atoms with Crippen molar-refractivity contribution in [2.24, 2.45) is 0 Å². The molecule has 0 radical (unpaired) electrons. The summed E-state index contributed by atoms with van der Waals surface area (Å²) in [6.45, 7) is 4.17. The van der Waals surface area contributed by atoms with Gasteiger partial charge in [-0.05, 0) is 17.5 Å². The Morgan fingerprint density at radius 1 is 1.29 bits per heavy atom. The van der Waals surface area contributed by atoms with E-state index in [1.165, 1.54) is 11.3 Å². The molecule has 4 heterocycles. The topological polar surface area (TPSA) is 71.8 Å². The molecule has 0 unspecified atom stereocenters. The fourth-order valence-corrected chi connectivity index (χ4v) is 3.58. The first kappa shape index (κ1) is 12.7. The molecule has 0 saturated heterocycles. The van der Waals surface area contributed by atoms with Crippen LogP contribution in [0.15, 0.2) is 23.6 Å². The highest BCUT2D eigenvalue weighted by molar-refractivity contribution is 7.19. The Morgan fingerprint density at radius 2 is 2.19 bits per heavy atom. The molecular weight excluding hydrogens is 304 g/mol. The molecule has 0 aliphatic rings. The molecule has 0 bridgehead atoms. The molecule has 4 aromatic heterocycles. The second kappa shape index (κ2) is 4.74. The van der Waals surface area contributed by atoms with Crippen molar-refractivity contribution in [1.82, 2.24) is 30.0 Å². The summed E-state index contributed by atoms with van der Waals surface area (Å²) in [5, 5.41) is 23.3. The molecule has 1 N–H and O–H groups in total. The van der Waals surface area contributed by atoms with Crippen molar-refractivity contribution in [3.05, 3.63) is 29.4 Å². The standard InChI is InChI=1S/C13H12N6S2/c1-7(2)11-16-17-13-19(11)18-12(21-13)9-6-8(14-15-9)10-4-3-5-20-10/h3-7H,1-2H3,(H,14,15). The molecule has 0 aliphatic heterocycles. The number of hydrogen-bond acceptors (Lipinski definition) is 6. The number of thiophene rings is 1. The van der Waals surface area contributed by atoms with E-state index in [1.807, 2.05) is 22.0 Å². The zero-order chi connectivity index (χ0) is 14.4. The molecular formula is C13H12N6S2. The van der Waals surface area contributed by atoms with Gasteiger partial charge in [0, 0.05) is 5.92 Å². The molecule has 0 spiro atoms. The Hall–Kier alpha value is -2.06. The molecule has 0 amide bonds. The van der Waals surface area contributed by atoms with E-state index < -0.39 is 0 Å². The van der Waals surface area contributed by atoms with Crippen LogP contribution in [0.3, 0.4) is 0 Å². The smallest absolute Gasteiger partial charge is 0.235 e. The number of rotatable bonds is 3. The maximum atomic E-state index is 4.60. The quantitative estimate of drug-likeness (QED) is 0.628. The number of aromatic amines is 1. The minimum Gasteiger partial charge on any atom is -0.275 e. The van der Waals surface area contributed by atoms with Gasteiger partial charge in [0.2, 0.25) is 4.96 Å². The third kappa shape index (κ3) is 2.07. The van der Waals surface area contributed by atoms with Gasteiger partial charge < -0.3 is 0 Å². The lowest BCUT2D eigenvalue weighted by Gasteiger charge is -1.97. The van der Waals surface area contributed by atoms with E-state index in [2.05, 4.69) is 45.4 Å². The number of nitrogens with zero attached hydrogens (tertiary/aromatic N) is 5. The van der Waals surface area contributed by atoms with Crippen LogP contribution in [0.1, 0.15) is 25.6 Å². The summed E-state index contributed by atoms with van der Waals surface area (Å²) in [4.78, 5) is 1.95. The Balaban J connectivity index is 1.76. The fourth-order valence-electron chi connectivity index (χ4n) is 2.08. The molecule has 0 aliphatic carbocycles. The maximum absolute atomic E-state index is 4.60. The molecule has 4 aromatic rings. The Bertz CT molecular complexity index is 883. The number of hydrogen-bond donors (Lipinski definition) is 1. The van der Waals surface area contributed by atoms with Gasteiger partial charge in [-0.3, -0.25) is 5.10 Å². The molecule has 4 rings (SSSR count). The van der Waals surface area contributed by atoms with Gasteiger partial charge in [-0.2, -0.15) is 14.7 Å². The Morgan fingerprint density at radius 3 is 2.95 bits per heavy atom. The van der Waals surface area contributed by atoms with Crippen LogP contribution in [0, 0.1) is 0 Å². The third-order valence-corrected chi connectivity index (χ3v) is 4.94. The predicted octanol–water partition coefficient (Wildman–Crippen LogP) is 3.43. The number of fused-ring (bicyclic) bond motifs is 1. The van der Waals surface area contributed by atoms with E-state index in [0.29, 0.717) is 5.92 Å². The average Bonchev–Trinajstić information content (AvgIpc) is 3.21. The molecule has 0 atom stereocenters. The Labute approximate surface area is 128 Å². The third-order valence-electron chi connectivity index (χ3n) is 3.11. The van der Waals surface area contributed by atoms with Crippen LogP contribution >= 0.6 is 22.7 Å². The van der Waals surface area contributed by atoms with Crippen LogP contribution in [-0.4, -0.2) is 30.0 Å². The lowest BCUT2D eigenvalue weighted by molar-refractivity contribution is 0.726. The largest absolute Gasteiger partial charge is 0.275 e. The maximum Gasteiger partial charge on any atom is 0.235 e. The van der Waals surface area contributed by atoms with Crippen LogP contribution in [-0.2, 0) is 0 Å². The summed E-state index contributed by atoms with van der Waals surface area (Å²) in [6.07, 6.45) is 0. The second-order valence-electron chi connectivity index (χ2n) is 4.96. The van der Waals surface area contributed by atoms with Crippen molar-refractivity contribution >= 4 is 27.6 Å². The van der Waals surface area contributed by atoms with Crippen LogP contribution in [0.25, 0.3) is 26.2 Å². The molecule has 6 nitrogen and oxygen atoms in total. The van der Waals surface area contributed by atoms with Gasteiger partial charge >= 0.3 is 0 Å². The second-order valence-corrected chi connectivity index (χ2v) is 6.86. The molecule has 0 aromatic carbocycles. The lowest BCUT2D eigenvalue weighted by Crippen LogP contribution is -1.97. The van der Waals surface area contributed by atoms with Crippen molar-refractivity contribution in [3.8, 4) is 21.3 Å². The van der Waals surface area contributed by atoms with Gasteiger partial charge in [0.1, 0.15) is 5.69 Å². The van der Waals surface area contributed by atoms with Crippen LogP contribution < -0.4 is 0 Å². The van der Waals surface area contributed by atoms with Gasteiger partial charge in [0.15, 0.2) is 10.8 Å². The van der Waals surface area contributed by atoms with E-state index in [9.17, 15) is 0 Å². The average molecular weight is 316 g/mol. The fraction of sp³-hybridized carbons (Fsp3) is 0.231. The normalized spacial score (nSPS) is 11.8. The van der Waals surface area contributed by atoms with E-state index >= 15 is 0 Å². The first-order valence-electron chi connectivity index (χ1n) is 6.54. The summed E-state index contributed by atoms with van der Waals surface area (Å²) in [7, 11) is 0. The van der Waals surface area contributed by atoms with Gasteiger partial charge in [-0.1, -0.05) is 31.3 Å². The minimum absolute atomic E-state index is 0.290. The highest BCUT2D eigenvalue weighted by Gasteiger charge is 2.16. The first-order valence-corrected chi connectivity index (χ1v) is 8.24. The molecule has 0 saturated carbocycles. The molecule has 106 valence electrons. The monoisotopic (exact) mass is 316 g/mol. The van der Waals surface area contributed by atoms with Crippen molar-refractivity contribution in [3.63, 3.8) is 0 Å². The first-order chi connectivity index (χ1) is 10.2. The zero-order valence-corrected chi connectivity index (χ0v) is 13.1. The highest BCUT2D eigenvalue weighted by atomic mass is 32.1. The van der Waals surface area contributed by atoms with E-state index in [-0.39, 0.29) is 0 Å². The van der Waals surface area contributed by atoms with Gasteiger partial charge in [-0.15, -0.1) is 21.5 Å². The van der Waals surface area contributed by atoms with Crippen molar-refractivity contribution in [2.45, 2.75) is 19.8 Å². The van der Waals surface area contributed by atoms with E-state index in [4.69, 9.17) is 0 Å². The van der Waals surface area contributed by atoms with E-state index in [0.717, 1.165) is 32.1 Å². The summed E-state index contributed by atoms with van der Waals surface area (Å²) >= 11 is 3.18. The van der Waals surface area contributed by atoms with Crippen molar-refractivity contribution in [2.75, 3.05) is 0 Å². The van der Waals surface area contributed by atoms with Crippen LogP contribution in [0.2, 0.25) is 0 Å². The van der Waals surface area contributed by atoms with Crippen molar-refractivity contribution in [1.29, 1.82) is 0 Å². The molecule has 0 fully saturated rings. The summed E-state index contributed by atoms with van der Waals surface area (Å²) < 4.78 is 1.82. The summed E-state index contributed by atoms with van der Waals surface area (Å²) in [5.74, 6) is 1.17. The number of aromatic nitrogens is 6. The van der Waals surface area contributed by atoms with Gasteiger partial charge in [0.25, 0.3) is 0 Å². The number of nitrogens with one attached hydrogen (secondary N) is 1. The predicted molar refractivity (Wildman–Crippen MR) is 83.6 cm³/mol. The van der Waals surface area contributed by atoms with Crippen LogP contribution in [0.4, 0.5) is 0 Å². The van der Waals surface area contributed by atoms with Gasteiger partial charge in [0.05, 0.1) is 10.6 Å². The zero-order valence-electron chi connectivity index (χ0n) is 11.4.